The number of hydrogen-bond donors (Lipinski definition) is 1. The fraction of sp³-hybridized carbons (Fsp3) is 0.188. The van der Waals surface area contributed by atoms with E-state index in [9.17, 15) is 14.9 Å². The summed E-state index contributed by atoms with van der Waals surface area (Å²) in [6, 6.07) is 7.60. The molecule has 0 saturated carbocycles. The monoisotopic (exact) mass is 434 g/mol. The van der Waals surface area contributed by atoms with E-state index in [0.717, 1.165) is 4.47 Å². The number of nitro benzene ring substituents is 1. The maximum Gasteiger partial charge on any atom is 0.311 e. The van der Waals surface area contributed by atoms with Crippen molar-refractivity contribution in [3.8, 4) is 5.75 Å². The highest BCUT2D eigenvalue weighted by molar-refractivity contribution is 9.10. The van der Waals surface area contributed by atoms with Crippen LogP contribution in [0, 0.1) is 10.1 Å². The van der Waals surface area contributed by atoms with Gasteiger partial charge in [0.2, 0.25) is 0 Å². The summed E-state index contributed by atoms with van der Waals surface area (Å²) >= 11 is 3.30. The molecular formula is C16H15BrN6O4. The van der Waals surface area contributed by atoms with Crippen LogP contribution in [0.3, 0.4) is 0 Å². The largest absolute Gasteiger partial charge is 0.464 e. The van der Waals surface area contributed by atoms with Crippen molar-refractivity contribution in [3.63, 3.8) is 0 Å². The Hall–Kier alpha value is -3.21. The molecule has 0 unspecified atom stereocenters. The predicted molar refractivity (Wildman–Crippen MR) is 98.2 cm³/mol. The molecule has 0 aliphatic rings. The van der Waals surface area contributed by atoms with Crippen molar-refractivity contribution in [1.29, 1.82) is 0 Å². The number of hydrogen-bond acceptors (Lipinski definition) is 6. The second-order valence-electron chi connectivity index (χ2n) is 5.42. The average molecular weight is 435 g/mol. The van der Waals surface area contributed by atoms with Gasteiger partial charge in [0.05, 0.1) is 22.1 Å². The number of para-hydroxylation sites is 2. The minimum atomic E-state index is -0.518. The Kier molecular flexibility index (Phi) is 5.81. The first-order valence-corrected chi connectivity index (χ1v) is 8.68. The molecule has 1 N–H and O–H groups in total. The van der Waals surface area contributed by atoms with Crippen LogP contribution in [0.2, 0.25) is 0 Å². The van der Waals surface area contributed by atoms with Gasteiger partial charge in [0, 0.05) is 25.0 Å². The molecule has 1 amide bonds. The lowest BCUT2D eigenvalue weighted by Gasteiger charge is -2.06. The van der Waals surface area contributed by atoms with E-state index >= 15 is 0 Å². The van der Waals surface area contributed by atoms with Gasteiger partial charge in [-0.15, -0.1) is 0 Å². The second kappa shape index (κ2) is 8.45. The molecule has 11 heteroatoms. The van der Waals surface area contributed by atoms with E-state index in [4.69, 9.17) is 4.74 Å². The molecule has 140 valence electrons. The van der Waals surface area contributed by atoms with Gasteiger partial charge in [-0.1, -0.05) is 12.1 Å². The number of nitro groups is 1. The topological polar surface area (TPSA) is 117 Å². The fourth-order valence-corrected chi connectivity index (χ4v) is 2.58. The molecule has 0 spiro atoms. The van der Waals surface area contributed by atoms with Gasteiger partial charge in [-0.05, 0) is 28.1 Å². The zero-order chi connectivity index (χ0) is 19.2. The van der Waals surface area contributed by atoms with Gasteiger partial charge in [0.25, 0.3) is 5.91 Å². The van der Waals surface area contributed by atoms with Gasteiger partial charge in [0.1, 0.15) is 5.69 Å². The van der Waals surface area contributed by atoms with Gasteiger partial charge in [-0.2, -0.15) is 10.2 Å². The fourth-order valence-electron chi connectivity index (χ4n) is 2.26. The van der Waals surface area contributed by atoms with Crippen LogP contribution in [-0.4, -0.2) is 36.9 Å². The number of ether oxygens (including phenoxy) is 1. The highest BCUT2D eigenvalue weighted by Crippen LogP contribution is 2.25. The van der Waals surface area contributed by atoms with Crippen LogP contribution in [0.15, 0.2) is 53.4 Å². The van der Waals surface area contributed by atoms with Crippen molar-refractivity contribution < 1.29 is 14.5 Å². The van der Waals surface area contributed by atoms with Crippen molar-refractivity contribution in [2.45, 2.75) is 13.3 Å². The SMILES string of the molecule is O=C(NCCn1cc(Br)cn1)c1ccn(COc2ccccc2[N+](=O)[O-])n1. The normalized spacial score (nSPS) is 10.6. The van der Waals surface area contributed by atoms with E-state index in [0.29, 0.717) is 13.1 Å². The van der Waals surface area contributed by atoms with Crippen LogP contribution in [0.5, 0.6) is 5.75 Å². The standard InChI is InChI=1S/C16H15BrN6O4/c17-12-9-19-21(10-12)8-6-18-16(24)13-5-7-22(20-13)11-27-15-4-2-1-3-14(15)23(25)26/h1-5,7,9-10H,6,8,11H2,(H,18,24). The number of aromatic nitrogens is 4. The van der Waals surface area contributed by atoms with E-state index < -0.39 is 4.92 Å². The van der Waals surface area contributed by atoms with Crippen molar-refractivity contribution in [1.82, 2.24) is 24.9 Å². The summed E-state index contributed by atoms with van der Waals surface area (Å²) in [5.41, 5.74) is 0.0932. The number of carbonyl (C=O) groups excluding carboxylic acids is 1. The summed E-state index contributed by atoms with van der Waals surface area (Å²) in [6.45, 7) is 0.866. The van der Waals surface area contributed by atoms with Crippen LogP contribution < -0.4 is 10.1 Å². The molecule has 0 aliphatic carbocycles. The lowest BCUT2D eigenvalue weighted by atomic mass is 10.3. The van der Waals surface area contributed by atoms with E-state index in [1.165, 1.54) is 16.8 Å². The molecule has 27 heavy (non-hydrogen) atoms. The maximum absolute atomic E-state index is 12.1. The minimum absolute atomic E-state index is 0.0561. The Bertz CT molecular complexity index is 954. The molecule has 0 fully saturated rings. The Labute approximate surface area is 162 Å². The van der Waals surface area contributed by atoms with Crippen molar-refractivity contribution in [3.05, 3.63) is 69.2 Å². The molecule has 2 aromatic heterocycles. The molecule has 0 atom stereocenters. The Morgan fingerprint density at radius 3 is 2.85 bits per heavy atom. The van der Waals surface area contributed by atoms with Crippen LogP contribution >= 0.6 is 15.9 Å². The molecule has 10 nitrogen and oxygen atoms in total. The third-order valence-corrected chi connectivity index (χ3v) is 3.93. The molecule has 0 bridgehead atoms. The minimum Gasteiger partial charge on any atom is -0.464 e. The molecule has 1 aromatic carbocycles. The molecule has 2 heterocycles. The van der Waals surface area contributed by atoms with Gasteiger partial charge < -0.3 is 10.1 Å². The first kappa shape index (κ1) is 18.6. The summed E-state index contributed by atoms with van der Waals surface area (Å²) in [7, 11) is 0. The zero-order valence-corrected chi connectivity index (χ0v) is 15.6. The number of benzene rings is 1. The highest BCUT2D eigenvalue weighted by Gasteiger charge is 2.14. The zero-order valence-electron chi connectivity index (χ0n) is 14.0. The van der Waals surface area contributed by atoms with Crippen molar-refractivity contribution >= 4 is 27.5 Å². The molecule has 3 aromatic rings. The molecule has 0 radical (unpaired) electrons. The second-order valence-corrected chi connectivity index (χ2v) is 6.33. The van der Waals surface area contributed by atoms with Crippen LogP contribution in [0.1, 0.15) is 10.5 Å². The first-order valence-electron chi connectivity index (χ1n) is 7.89. The number of carbonyl (C=O) groups is 1. The maximum atomic E-state index is 12.1. The summed E-state index contributed by atoms with van der Waals surface area (Å²) in [4.78, 5) is 22.6. The highest BCUT2D eigenvalue weighted by atomic mass is 79.9. The van der Waals surface area contributed by atoms with Crippen LogP contribution in [-0.2, 0) is 13.3 Å². The smallest absolute Gasteiger partial charge is 0.311 e. The number of amides is 1. The lowest BCUT2D eigenvalue weighted by Crippen LogP contribution is -2.28. The quantitative estimate of drug-likeness (QED) is 0.428. The van der Waals surface area contributed by atoms with Crippen molar-refractivity contribution in [2.24, 2.45) is 0 Å². The Morgan fingerprint density at radius 1 is 1.30 bits per heavy atom. The lowest BCUT2D eigenvalue weighted by molar-refractivity contribution is -0.386. The summed E-state index contributed by atoms with van der Waals surface area (Å²) in [5.74, 6) is -0.194. The first-order chi connectivity index (χ1) is 13.0. The van der Waals surface area contributed by atoms with Gasteiger partial charge in [-0.3, -0.25) is 19.6 Å². The molecular weight excluding hydrogens is 420 g/mol. The van der Waals surface area contributed by atoms with Gasteiger partial charge in [-0.25, -0.2) is 4.68 Å². The van der Waals surface area contributed by atoms with Crippen LogP contribution in [0.4, 0.5) is 5.69 Å². The Balaban J connectivity index is 1.52. The molecule has 0 saturated heterocycles. The number of nitrogens with zero attached hydrogens (tertiary/aromatic N) is 5. The van der Waals surface area contributed by atoms with E-state index in [-0.39, 0.29) is 29.8 Å². The summed E-state index contributed by atoms with van der Waals surface area (Å²) < 4.78 is 9.38. The van der Waals surface area contributed by atoms with Crippen molar-refractivity contribution in [2.75, 3.05) is 6.54 Å². The number of halogens is 1. The van der Waals surface area contributed by atoms with Gasteiger partial charge >= 0.3 is 5.69 Å². The van der Waals surface area contributed by atoms with Gasteiger partial charge in [0.15, 0.2) is 12.5 Å². The third kappa shape index (κ3) is 4.91. The predicted octanol–water partition coefficient (Wildman–Crippen LogP) is 2.22. The van der Waals surface area contributed by atoms with E-state index in [1.54, 1.807) is 41.5 Å². The summed E-state index contributed by atoms with van der Waals surface area (Å²) in [5, 5.41) is 21.9. The number of nitrogens with one attached hydrogen (secondary N) is 1. The average Bonchev–Trinajstić information content (AvgIpc) is 3.29. The van der Waals surface area contributed by atoms with Crippen LogP contribution in [0.25, 0.3) is 0 Å². The molecule has 3 rings (SSSR count). The Morgan fingerprint density at radius 2 is 2.11 bits per heavy atom. The molecule has 0 aliphatic heterocycles. The van der Waals surface area contributed by atoms with E-state index in [2.05, 4.69) is 31.4 Å². The van der Waals surface area contributed by atoms with E-state index in [1.807, 2.05) is 0 Å². The number of rotatable bonds is 8. The summed E-state index contributed by atoms with van der Waals surface area (Å²) in [6.07, 6.45) is 5.04. The third-order valence-electron chi connectivity index (χ3n) is 3.52.